The number of nitrogens with zero attached hydrogens (tertiary/aromatic N) is 5. The summed E-state index contributed by atoms with van der Waals surface area (Å²) in [5, 5.41) is 0. The quantitative estimate of drug-likeness (QED) is 0.259. The summed E-state index contributed by atoms with van der Waals surface area (Å²) in [4.78, 5) is 33.8. The number of carbonyl (C=O) groups excluding carboxylic acids is 1. The molecule has 11 nitrogen and oxygen atoms in total. The number of rotatable bonds is 6. The molecule has 0 radical (unpaired) electrons. The average molecular weight is 647 g/mol. The van der Waals surface area contributed by atoms with Gasteiger partial charge in [-0.3, -0.25) is 4.79 Å². The number of benzene rings is 2. The first-order chi connectivity index (χ1) is 21.7. The summed E-state index contributed by atoms with van der Waals surface area (Å²) in [5.41, 5.74) is 3.09. The van der Waals surface area contributed by atoms with Crippen LogP contribution < -0.4 is 14.2 Å². The lowest BCUT2D eigenvalue weighted by atomic mass is 10.00. The first-order valence-electron chi connectivity index (χ1n) is 15.2. The van der Waals surface area contributed by atoms with Crippen LogP contribution in [0.15, 0.2) is 65.8 Å². The Balaban J connectivity index is 0.00000500. The molecule has 244 valence electrons. The summed E-state index contributed by atoms with van der Waals surface area (Å²) < 4.78 is 41.8. The van der Waals surface area contributed by atoms with E-state index < -0.39 is 21.7 Å². The van der Waals surface area contributed by atoms with Gasteiger partial charge in [0.1, 0.15) is 18.0 Å². The minimum absolute atomic E-state index is 0. The highest BCUT2D eigenvalue weighted by Gasteiger charge is 2.30. The minimum Gasteiger partial charge on any atom is -0.485 e. The third-order valence-electron chi connectivity index (χ3n) is 7.34. The number of anilines is 1. The standard InChI is InChI=1S/C34H40N6O5S.H2/c1-21(2)14-25-20-44-30-16-28(31-22(3)10-8-11-23(31)4)37-33(38-30)39-46(42,43)27-13-9-12-24(15-27)32(41)40(25)19-29-35-17-26(18-36-29)45-34(5,6)7;/h8-13,15-18,21,25H,14,19-20H2,1-7H3,(H,37,38,39);1H/t25-;/m1./s1. The number of aryl methyl sites for hydroxylation is 2. The van der Waals surface area contributed by atoms with E-state index in [0.717, 1.165) is 16.7 Å². The lowest BCUT2D eigenvalue weighted by Crippen LogP contribution is -2.44. The van der Waals surface area contributed by atoms with Crippen molar-refractivity contribution in [3.05, 3.63) is 83.4 Å². The maximum absolute atomic E-state index is 14.2. The minimum atomic E-state index is -4.17. The summed E-state index contributed by atoms with van der Waals surface area (Å²) in [6.45, 7) is 14.0. The molecule has 12 heteroatoms. The van der Waals surface area contributed by atoms with Crippen molar-refractivity contribution in [1.82, 2.24) is 24.8 Å². The van der Waals surface area contributed by atoms with Crippen molar-refractivity contribution in [3.8, 4) is 22.9 Å². The smallest absolute Gasteiger partial charge is 0.264 e. The second kappa shape index (κ2) is 13.0. The van der Waals surface area contributed by atoms with Crippen molar-refractivity contribution in [2.45, 2.75) is 78.0 Å². The van der Waals surface area contributed by atoms with Crippen LogP contribution in [0.1, 0.15) is 69.8 Å². The van der Waals surface area contributed by atoms with E-state index in [9.17, 15) is 13.2 Å². The van der Waals surface area contributed by atoms with Crippen LogP contribution in [0, 0.1) is 19.8 Å². The molecular formula is C34H42N6O5S. The molecule has 1 atom stereocenters. The Morgan fingerprint density at radius 1 is 1.04 bits per heavy atom. The second-order valence-corrected chi connectivity index (χ2v) is 14.6. The van der Waals surface area contributed by atoms with Gasteiger partial charge in [0.25, 0.3) is 15.9 Å². The van der Waals surface area contributed by atoms with Crippen LogP contribution in [0.3, 0.4) is 0 Å². The zero-order chi connectivity index (χ0) is 33.2. The van der Waals surface area contributed by atoms with Gasteiger partial charge in [0, 0.05) is 18.6 Å². The van der Waals surface area contributed by atoms with Crippen LogP contribution in [0.4, 0.5) is 5.95 Å². The van der Waals surface area contributed by atoms with Gasteiger partial charge >= 0.3 is 0 Å². The lowest BCUT2D eigenvalue weighted by Gasteiger charge is -2.32. The average Bonchev–Trinajstić information content (AvgIpc) is 2.97. The van der Waals surface area contributed by atoms with Gasteiger partial charge in [0.2, 0.25) is 11.8 Å². The number of ether oxygens (including phenoxy) is 2. The Hall–Kier alpha value is -4.58. The van der Waals surface area contributed by atoms with Gasteiger partial charge in [0.05, 0.1) is 35.6 Å². The summed E-state index contributed by atoms with van der Waals surface area (Å²) in [6.07, 6.45) is 3.76. The van der Waals surface area contributed by atoms with Gasteiger partial charge in [0.15, 0.2) is 5.75 Å². The van der Waals surface area contributed by atoms with Gasteiger partial charge in [-0.2, -0.15) is 4.98 Å². The molecule has 0 fully saturated rings. The van der Waals surface area contributed by atoms with Crippen molar-refractivity contribution in [2.75, 3.05) is 11.3 Å². The van der Waals surface area contributed by atoms with Crippen LogP contribution >= 0.6 is 0 Å². The molecule has 4 bridgehead atoms. The second-order valence-electron chi connectivity index (χ2n) is 12.9. The largest absolute Gasteiger partial charge is 0.485 e. The number of fused-ring (bicyclic) bond motifs is 4. The molecule has 5 rings (SSSR count). The molecule has 1 N–H and O–H groups in total. The first-order valence-corrected chi connectivity index (χ1v) is 16.7. The van der Waals surface area contributed by atoms with Crippen LogP contribution in [-0.4, -0.2) is 57.4 Å². The fourth-order valence-electron chi connectivity index (χ4n) is 5.39. The highest BCUT2D eigenvalue weighted by molar-refractivity contribution is 7.92. The molecular weight excluding hydrogens is 604 g/mol. The van der Waals surface area contributed by atoms with Gasteiger partial charge in [-0.05, 0) is 76.3 Å². The summed E-state index contributed by atoms with van der Waals surface area (Å²) in [6, 6.07) is 13.1. The fraction of sp³-hybridized carbons (Fsp3) is 0.382. The van der Waals surface area contributed by atoms with E-state index in [-0.39, 0.29) is 48.7 Å². The van der Waals surface area contributed by atoms with Crippen LogP contribution in [-0.2, 0) is 16.6 Å². The number of sulfonamides is 1. The number of amides is 1. The van der Waals surface area contributed by atoms with E-state index in [0.29, 0.717) is 23.7 Å². The lowest BCUT2D eigenvalue weighted by molar-refractivity contribution is 0.0545. The van der Waals surface area contributed by atoms with Crippen molar-refractivity contribution in [1.29, 1.82) is 0 Å². The molecule has 0 spiro atoms. The van der Waals surface area contributed by atoms with E-state index in [2.05, 4.69) is 38.5 Å². The van der Waals surface area contributed by atoms with Crippen LogP contribution in [0.25, 0.3) is 11.3 Å². The van der Waals surface area contributed by atoms with E-state index in [4.69, 9.17) is 9.47 Å². The van der Waals surface area contributed by atoms with Crippen LogP contribution in [0.2, 0.25) is 0 Å². The summed E-state index contributed by atoms with van der Waals surface area (Å²) >= 11 is 0. The Kier molecular flexibility index (Phi) is 9.29. The Morgan fingerprint density at radius 2 is 1.72 bits per heavy atom. The molecule has 0 unspecified atom stereocenters. The molecule has 46 heavy (non-hydrogen) atoms. The van der Waals surface area contributed by atoms with Gasteiger partial charge in [-0.25, -0.2) is 28.1 Å². The molecule has 3 heterocycles. The monoisotopic (exact) mass is 646 g/mol. The van der Waals surface area contributed by atoms with Crippen LogP contribution in [0.5, 0.6) is 11.6 Å². The molecule has 1 aliphatic rings. The molecule has 0 aliphatic carbocycles. The molecule has 0 saturated carbocycles. The predicted molar refractivity (Wildman–Crippen MR) is 177 cm³/mol. The maximum Gasteiger partial charge on any atom is 0.264 e. The van der Waals surface area contributed by atoms with E-state index in [1.165, 1.54) is 12.1 Å². The van der Waals surface area contributed by atoms with Crippen molar-refractivity contribution >= 4 is 21.9 Å². The fourth-order valence-corrected chi connectivity index (χ4v) is 6.38. The Bertz CT molecular complexity index is 1820. The van der Waals surface area contributed by atoms with E-state index >= 15 is 0 Å². The van der Waals surface area contributed by atoms with Gasteiger partial charge in [-0.15, -0.1) is 0 Å². The Labute approximate surface area is 272 Å². The van der Waals surface area contributed by atoms with Crippen molar-refractivity contribution < 1.29 is 24.1 Å². The van der Waals surface area contributed by atoms with Crippen molar-refractivity contribution in [2.24, 2.45) is 5.92 Å². The van der Waals surface area contributed by atoms with Crippen molar-refractivity contribution in [3.63, 3.8) is 0 Å². The zero-order valence-corrected chi connectivity index (χ0v) is 28.1. The third kappa shape index (κ3) is 7.79. The van der Waals surface area contributed by atoms with Gasteiger partial charge < -0.3 is 14.4 Å². The summed E-state index contributed by atoms with van der Waals surface area (Å²) in [5.74, 6) is 0.784. The SMILES string of the molecule is Cc1cccc(C)c1-c1cc2nc(n1)NS(=O)(=O)c1cccc(c1)C(=O)N(Cc1ncc(OC(C)(C)C)cn1)[C@H](CC(C)C)CO2.[HH]. The summed E-state index contributed by atoms with van der Waals surface area (Å²) in [7, 11) is -4.17. The third-order valence-corrected chi connectivity index (χ3v) is 8.67. The Morgan fingerprint density at radius 3 is 2.37 bits per heavy atom. The molecule has 2 aromatic heterocycles. The molecule has 2 aromatic carbocycles. The van der Waals surface area contributed by atoms with E-state index in [1.807, 2.05) is 52.8 Å². The van der Waals surface area contributed by atoms with Gasteiger partial charge in [-0.1, -0.05) is 38.1 Å². The zero-order valence-electron chi connectivity index (χ0n) is 27.2. The highest BCUT2D eigenvalue weighted by Crippen LogP contribution is 2.30. The number of hydrogen-bond acceptors (Lipinski definition) is 9. The normalized spacial score (nSPS) is 16.5. The number of aromatic nitrogens is 4. The number of nitrogens with one attached hydrogen (secondary N) is 1. The molecule has 0 saturated heterocycles. The first kappa shape index (κ1) is 32.8. The molecule has 4 aromatic rings. The predicted octanol–water partition coefficient (Wildman–Crippen LogP) is 6.22. The topological polar surface area (TPSA) is 136 Å². The maximum atomic E-state index is 14.2. The number of carbonyl (C=O) groups is 1. The number of hydrogen-bond donors (Lipinski definition) is 1. The highest BCUT2D eigenvalue weighted by atomic mass is 32.2. The van der Waals surface area contributed by atoms with E-state index in [1.54, 1.807) is 35.5 Å². The molecule has 1 aliphatic heterocycles. The molecule has 1 amide bonds.